The summed E-state index contributed by atoms with van der Waals surface area (Å²) in [6.07, 6.45) is 4.06. The summed E-state index contributed by atoms with van der Waals surface area (Å²) in [5.74, 6) is 0.951. The summed E-state index contributed by atoms with van der Waals surface area (Å²) in [5, 5.41) is 0. The number of aliphatic imine (C=N–C) groups is 1. The Kier molecular flexibility index (Phi) is 6.34. The molecule has 0 amide bonds. The van der Waals surface area contributed by atoms with Crippen molar-refractivity contribution in [3.63, 3.8) is 0 Å². The Balaban J connectivity index is 1.49. The summed E-state index contributed by atoms with van der Waals surface area (Å²) in [7, 11) is 0. The highest BCUT2D eigenvalue weighted by Crippen LogP contribution is 2.30. The Hall–Kier alpha value is -2.14. The third-order valence-corrected chi connectivity index (χ3v) is 5.76. The van der Waals surface area contributed by atoms with E-state index in [1.54, 1.807) is 18.2 Å². The number of furan rings is 1. The van der Waals surface area contributed by atoms with Crippen LogP contribution in [0.3, 0.4) is 0 Å². The van der Waals surface area contributed by atoms with Crippen molar-refractivity contribution in [2.24, 2.45) is 4.99 Å². The summed E-state index contributed by atoms with van der Waals surface area (Å²) in [4.78, 5) is 16.4. The van der Waals surface area contributed by atoms with Gasteiger partial charge in [0.15, 0.2) is 11.5 Å². The number of hydrogen-bond acceptors (Lipinski definition) is 5. The SMILES string of the molecule is O=C1OC(c2ccco2)=N/C1=C\c1cc(I)c(OCCc2ccccc2)c(I)c1. The molecule has 0 N–H and O–H groups in total. The number of nitrogens with zero attached hydrogens (tertiary/aromatic N) is 1. The van der Waals surface area contributed by atoms with Crippen LogP contribution in [0.15, 0.2) is 76.0 Å². The molecule has 0 bridgehead atoms. The summed E-state index contributed by atoms with van der Waals surface area (Å²) < 4.78 is 18.4. The molecule has 1 aromatic heterocycles. The van der Waals surface area contributed by atoms with Crippen LogP contribution in [0.25, 0.3) is 6.08 Å². The van der Waals surface area contributed by atoms with Gasteiger partial charge in [0, 0.05) is 6.42 Å². The molecule has 4 rings (SSSR count). The van der Waals surface area contributed by atoms with Crippen molar-refractivity contribution < 1.29 is 18.7 Å². The Morgan fingerprint density at radius 2 is 1.79 bits per heavy atom. The Morgan fingerprint density at radius 1 is 1.03 bits per heavy atom. The van der Waals surface area contributed by atoms with Crippen molar-refractivity contribution in [3.05, 3.63) is 90.6 Å². The third-order valence-electron chi connectivity index (χ3n) is 4.16. The number of rotatable bonds is 6. The monoisotopic (exact) mass is 611 g/mol. The maximum Gasteiger partial charge on any atom is 0.363 e. The first-order valence-electron chi connectivity index (χ1n) is 8.82. The smallest absolute Gasteiger partial charge is 0.363 e. The van der Waals surface area contributed by atoms with E-state index in [4.69, 9.17) is 13.9 Å². The molecule has 0 spiro atoms. The quantitative estimate of drug-likeness (QED) is 0.211. The van der Waals surface area contributed by atoms with Gasteiger partial charge in [-0.2, -0.15) is 0 Å². The van der Waals surface area contributed by atoms with Gasteiger partial charge in [-0.05, 0) is 86.7 Å². The van der Waals surface area contributed by atoms with Gasteiger partial charge in [-0.3, -0.25) is 0 Å². The molecule has 2 heterocycles. The minimum atomic E-state index is -0.496. The molecule has 0 fully saturated rings. The van der Waals surface area contributed by atoms with Gasteiger partial charge < -0.3 is 13.9 Å². The van der Waals surface area contributed by atoms with Crippen LogP contribution in [-0.2, 0) is 16.0 Å². The normalized spacial score (nSPS) is 14.8. The van der Waals surface area contributed by atoms with Crippen molar-refractivity contribution in [2.45, 2.75) is 6.42 Å². The zero-order valence-corrected chi connectivity index (χ0v) is 19.4. The summed E-state index contributed by atoms with van der Waals surface area (Å²) in [5.41, 5.74) is 2.33. The number of carbonyl (C=O) groups excluding carboxylic acids is 1. The van der Waals surface area contributed by atoms with Crippen LogP contribution in [0, 0.1) is 7.14 Å². The number of carbonyl (C=O) groups is 1. The van der Waals surface area contributed by atoms with Gasteiger partial charge >= 0.3 is 5.97 Å². The average molecular weight is 611 g/mol. The van der Waals surface area contributed by atoms with Crippen LogP contribution in [0.2, 0.25) is 0 Å². The lowest BCUT2D eigenvalue weighted by atomic mass is 10.1. The summed E-state index contributed by atoms with van der Waals surface area (Å²) in [6.45, 7) is 0.597. The van der Waals surface area contributed by atoms with Crippen molar-refractivity contribution in [1.29, 1.82) is 0 Å². The lowest BCUT2D eigenvalue weighted by molar-refractivity contribution is -0.130. The number of benzene rings is 2. The fourth-order valence-corrected chi connectivity index (χ4v) is 4.92. The number of cyclic esters (lactones) is 1. The van der Waals surface area contributed by atoms with Crippen LogP contribution in [0.5, 0.6) is 5.75 Å². The maximum absolute atomic E-state index is 12.1. The molecule has 0 aliphatic carbocycles. The van der Waals surface area contributed by atoms with E-state index in [1.165, 1.54) is 11.8 Å². The molecule has 146 valence electrons. The van der Waals surface area contributed by atoms with Crippen LogP contribution >= 0.6 is 45.2 Å². The molecular formula is C22H15I2NO4. The first-order chi connectivity index (χ1) is 14.1. The van der Waals surface area contributed by atoms with Crippen LogP contribution in [-0.4, -0.2) is 18.5 Å². The standard InChI is InChI=1S/C22H15I2NO4/c23-16-11-15(13-18-22(26)29-21(25-18)19-7-4-9-27-19)12-17(24)20(16)28-10-8-14-5-2-1-3-6-14/h1-7,9,11-13H,8,10H2/b18-13-. The predicted molar refractivity (Wildman–Crippen MR) is 127 cm³/mol. The molecule has 5 nitrogen and oxygen atoms in total. The molecule has 0 saturated carbocycles. The maximum atomic E-state index is 12.1. The van der Waals surface area contributed by atoms with Gasteiger partial charge in [0.25, 0.3) is 5.90 Å². The zero-order valence-electron chi connectivity index (χ0n) is 15.1. The number of hydrogen-bond donors (Lipinski definition) is 0. The molecule has 0 radical (unpaired) electrons. The van der Waals surface area contributed by atoms with Crippen molar-refractivity contribution in [1.82, 2.24) is 0 Å². The number of halogens is 2. The minimum Gasteiger partial charge on any atom is -0.491 e. The van der Waals surface area contributed by atoms with Gasteiger partial charge in [-0.25, -0.2) is 9.79 Å². The highest BCUT2D eigenvalue weighted by molar-refractivity contribution is 14.1. The van der Waals surface area contributed by atoms with Crippen molar-refractivity contribution in [3.8, 4) is 5.75 Å². The first kappa shape index (κ1) is 20.1. The van der Waals surface area contributed by atoms with E-state index in [0.29, 0.717) is 12.4 Å². The number of esters is 1. The first-order valence-corrected chi connectivity index (χ1v) is 11.0. The Morgan fingerprint density at radius 3 is 2.48 bits per heavy atom. The van der Waals surface area contributed by atoms with Crippen LogP contribution in [0.1, 0.15) is 16.9 Å². The van der Waals surface area contributed by atoms with Crippen LogP contribution < -0.4 is 4.74 Å². The lowest BCUT2D eigenvalue weighted by Gasteiger charge is -2.11. The topological polar surface area (TPSA) is 61.0 Å². The van der Waals surface area contributed by atoms with Crippen molar-refractivity contribution in [2.75, 3.05) is 6.61 Å². The van der Waals surface area contributed by atoms with E-state index >= 15 is 0 Å². The summed E-state index contributed by atoms with van der Waals surface area (Å²) in [6, 6.07) is 17.6. The fourth-order valence-electron chi connectivity index (χ4n) is 2.79. The summed E-state index contributed by atoms with van der Waals surface area (Å²) >= 11 is 4.49. The molecule has 2 aromatic carbocycles. The predicted octanol–water partition coefficient (Wildman–Crippen LogP) is 5.45. The zero-order chi connectivity index (χ0) is 20.2. The van der Waals surface area contributed by atoms with E-state index in [-0.39, 0.29) is 11.6 Å². The largest absolute Gasteiger partial charge is 0.491 e. The average Bonchev–Trinajstić information content (AvgIpc) is 3.35. The molecule has 0 saturated heterocycles. The molecule has 1 aliphatic heterocycles. The second-order valence-corrected chi connectivity index (χ2v) is 8.54. The van der Waals surface area contributed by atoms with Crippen LogP contribution in [0.4, 0.5) is 0 Å². The van der Waals surface area contributed by atoms with Gasteiger partial charge in [-0.1, -0.05) is 30.3 Å². The highest BCUT2D eigenvalue weighted by Gasteiger charge is 2.26. The molecule has 0 unspecified atom stereocenters. The van der Waals surface area contributed by atoms with E-state index < -0.39 is 5.97 Å². The molecular weight excluding hydrogens is 596 g/mol. The van der Waals surface area contributed by atoms with Gasteiger partial charge in [0.05, 0.1) is 20.0 Å². The van der Waals surface area contributed by atoms with E-state index in [9.17, 15) is 4.79 Å². The molecule has 3 aromatic rings. The Labute approximate surface area is 195 Å². The molecule has 0 atom stereocenters. The minimum absolute atomic E-state index is 0.177. The number of ether oxygens (including phenoxy) is 2. The Bertz CT molecular complexity index is 1070. The van der Waals surface area contributed by atoms with E-state index in [2.05, 4.69) is 62.3 Å². The second-order valence-electron chi connectivity index (χ2n) is 6.21. The van der Waals surface area contributed by atoms with Gasteiger partial charge in [0.2, 0.25) is 0 Å². The molecule has 29 heavy (non-hydrogen) atoms. The van der Waals surface area contributed by atoms with Crippen molar-refractivity contribution >= 4 is 63.1 Å². The van der Waals surface area contributed by atoms with Gasteiger partial charge in [-0.15, -0.1) is 0 Å². The van der Waals surface area contributed by atoms with E-state index in [1.807, 2.05) is 30.3 Å². The third kappa shape index (κ3) is 4.89. The highest BCUT2D eigenvalue weighted by atomic mass is 127. The van der Waals surface area contributed by atoms with E-state index in [0.717, 1.165) is 24.9 Å². The molecule has 7 heteroatoms. The fraction of sp³-hybridized carbons (Fsp3) is 0.0909. The lowest BCUT2D eigenvalue weighted by Crippen LogP contribution is -2.05. The van der Waals surface area contributed by atoms with Gasteiger partial charge in [0.1, 0.15) is 5.75 Å². The second kappa shape index (κ2) is 9.12. The molecule has 1 aliphatic rings.